The van der Waals surface area contributed by atoms with E-state index in [-0.39, 0.29) is 12.5 Å². The Hall–Kier alpha value is -1.51. The molecule has 1 aromatic rings. The van der Waals surface area contributed by atoms with Gasteiger partial charge in [-0.15, -0.1) is 0 Å². The molecule has 3 nitrogen and oxygen atoms in total. The first kappa shape index (κ1) is 13.6. The molecule has 1 atom stereocenters. The minimum atomic E-state index is -0.839. The Morgan fingerprint density at radius 3 is 2.47 bits per heavy atom. The van der Waals surface area contributed by atoms with Gasteiger partial charge in [0.05, 0.1) is 6.42 Å². The fourth-order valence-electron chi connectivity index (χ4n) is 1.70. The lowest BCUT2D eigenvalue weighted by Crippen LogP contribution is -2.16. The minimum absolute atomic E-state index is 0.0188. The van der Waals surface area contributed by atoms with Gasteiger partial charge in [0.2, 0.25) is 0 Å². The quantitative estimate of drug-likeness (QED) is 0.852. The highest BCUT2D eigenvalue weighted by Gasteiger charge is 2.10. The van der Waals surface area contributed by atoms with Gasteiger partial charge in [0.15, 0.2) is 0 Å². The van der Waals surface area contributed by atoms with Crippen LogP contribution in [0.4, 0.5) is 0 Å². The van der Waals surface area contributed by atoms with Crippen molar-refractivity contribution in [3.63, 3.8) is 0 Å². The number of hydrogen-bond acceptors (Lipinski definition) is 2. The summed E-state index contributed by atoms with van der Waals surface area (Å²) >= 11 is 0. The average molecular weight is 236 g/mol. The summed E-state index contributed by atoms with van der Waals surface area (Å²) in [6.07, 6.45) is -0.292. The van der Waals surface area contributed by atoms with Gasteiger partial charge in [0.1, 0.15) is 11.9 Å². The minimum Gasteiger partial charge on any atom is -0.490 e. The maximum absolute atomic E-state index is 10.6. The van der Waals surface area contributed by atoms with Gasteiger partial charge < -0.3 is 9.84 Å². The monoisotopic (exact) mass is 236 g/mol. The second-order valence-electron chi connectivity index (χ2n) is 4.76. The first-order valence-corrected chi connectivity index (χ1v) is 5.88. The third kappa shape index (κ3) is 4.47. The summed E-state index contributed by atoms with van der Waals surface area (Å²) in [6.45, 7) is 8.03. The Morgan fingerprint density at radius 2 is 1.94 bits per heavy atom. The van der Waals surface area contributed by atoms with Gasteiger partial charge in [-0.1, -0.05) is 19.9 Å². The molecule has 94 valence electrons. The van der Waals surface area contributed by atoms with E-state index in [0.717, 1.165) is 11.3 Å². The standard InChI is InChI=1S/C14H20O3/c1-9(2)12-5-10(3)6-13(8-12)17-11(4)7-14(15)16/h5-6,8-9,11H,7H2,1-4H3,(H,15,16)/t11-/m1/s1. The summed E-state index contributed by atoms with van der Waals surface area (Å²) in [5.41, 5.74) is 2.34. The molecule has 0 radical (unpaired) electrons. The normalized spacial score (nSPS) is 12.5. The third-order valence-corrected chi connectivity index (χ3v) is 2.54. The molecular formula is C14H20O3. The van der Waals surface area contributed by atoms with Gasteiger partial charge in [-0.3, -0.25) is 4.79 Å². The lowest BCUT2D eigenvalue weighted by molar-refractivity contribution is -0.138. The molecule has 0 saturated heterocycles. The van der Waals surface area contributed by atoms with Crippen LogP contribution < -0.4 is 4.74 Å². The summed E-state index contributed by atoms with van der Waals surface area (Å²) < 4.78 is 5.62. The molecule has 3 heteroatoms. The number of aryl methyl sites for hydroxylation is 1. The van der Waals surface area contributed by atoms with Gasteiger partial charge in [-0.05, 0) is 43.0 Å². The molecule has 1 aromatic carbocycles. The predicted octanol–water partition coefficient (Wildman–Crippen LogP) is 3.36. The summed E-state index contributed by atoms with van der Waals surface area (Å²) in [5, 5.41) is 8.68. The van der Waals surface area contributed by atoms with Crippen LogP contribution in [0.15, 0.2) is 18.2 Å². The number of carboxylic acids is 1. The van der Waals surface area contributed by atoms with Gasteiger partial charge in [-0.25, -0.2) is 0 Å². The highest BCUT2D eigenvalue weighted by molar-refractivity contribution is 5.67. The van der Waals surface area contributed by atoms with Crippen LogP contribution >= 0.6 is 0 Å². The number of benzene rings is 1. The maximum Gasteiger partial charge on any atom is 0.307 e. The molecule has 0 aliphatic heterocycles. The van der Waals surface area contributed by atoms with E-state index >= 15 is 0 Å². The van der Waals surface area contributed by atoms with Crippen molar-refractivity contribution in [2.24, 2.45) is 0 Å². The number of hydrogen-bond donors (Lipinski definition) is 1. The molecule has 1 rings (SSSR count). The van der Waals surface area contributed by atoms with Gasteiger partial charge in [-0.2, -0.15) is 0 Å². The van der Waals surface area contributed by atoms with Crippen LogP contribution in [0.25, 0.3) is 0 Å². The lowest BCUT2D eigenvalue weighted by atomic mass is 10.0. The molecule has 17 heavy (non-hydrogen) atoms. The molecule has 0 aromatic heterocycles. The molecule has 0 unspecified atom stereocenters. The fourth-order valence-corrected chi connectivity index (χ4v) is 1.70. The molecule has 0 amide bonds. The van der Waals surface area contributed by atoms with Crippen LogP contribution in [-0.2, 0) is 4.79 Å². The molecule has 0 fully saturated rings. The van der Waals surface area contributed by atoms with E-state index in [1.807, 2.05) is 19.1 Å². The Balaban J connectivity index is 2.80. The van der Waals surface area contributed by atoms with E-state index in [1.165, 1.54) is 5.56 Å². The Kier molecular flexibility index (Phi) is 4.55. The van der Waals surface area contributed by atoms with Crippen LogP contribution in [0.2, 0.25) is 0 Å². The number of carbonyl (C=O) groups is 1. The van der Waals surface area contributed by atoms with Gasteiger partial charge in [0, 0.05) is 0 Å². The molecule has 0 bridgehead atoms. The second kappa shape index (κ2) is 5.71. The van der Waals surface area contributed by atoms with E-state index in [2.05, 4.69) is 19.9 Å². The molecule has 0 spiro atoms. The van der Waals surface area contributed by atoms with Crippen molar-refractivity contribution in [3.8, 4) is 5.75 Å². The van der Waals surface area contributed by atoms with Crippen molar-refractivity contribution < 1.29 is 14.6 Å². The second-order valence-corrected chi connectivity index (χ2v) is 4.76. The Morgan fingerprint density at radius 1 is 1.29 bits per heavy atom. The topological polar surface area (TPSA) is 46.5 Å². The van der Waals surface area contributed by atoms with Crippen molar-refractivity contribution in [3.05, 3.63) is 29.3 Å². The van der Waals surface area contributed by atoms with E-state index < -0.39 is 5.97 Å². The third-order valence-electron chi connectivity index (χ3n) is 2.54. The number of ether oxygens (including phenoxy) is 1. The van der Waals surface area contributed by atoms with Crippen molar-refractivity contribution in [1.82, 2.24) is 0 Å². The van der Waals surface area contributed by atoms with Crippen molar-refractivity contribution >= 4 is 5.97 Å². The summed E-state index contributed by atoms with van der Waals surface area (Å²) in [5.74, 6) is 0.351. The maximum atomic E-state index is 10.6. The summed E-state index contributed by atoms with van der Waals surface area (Å²) in [6, 6.07) is 6.04. The number of carboxylic acid groups (broad SMARTS) is 1. The fraction of sp³-hybridized carbons (Fsp3) is 0.500. The van der Waals surface area contributed by atoms with E-state index in [9.17, 15) is 4.79 Å². The molecule has 1 N–H and O–H groups in total. The number of rotatable bonds is 5. The predicted molar refractivity (Wildman–Crippen MR) is 67.6 cm³/mol. The van der Waals surface area contributed by atoms with Crippen molar-refractivity contribution in [1.29, 1.82) is 0 Å². The van der Waals surface area contributed by atoms with Gasteiger partial charge >= 0.3 is 5.97 Å². The smallest absolute Gasteiger partial charge is 0.307 e. The van der Waals surface area contributed by atoms with Crippen LogP contribution in [0.1, 0.15) is 44.2 Å². The van der Waals surface area contributed by atoms with Gasteiger partial charge in [0.25, 0.3) is 0 Å². The van der Waals surface area contributed by atoms with Crippen LogP contribution in [0, 0.1) is 6.92 Å². The zero-order chi connectivity index (χ0) is 13.0. The molecule has 0 heterocycles. The van der Waals surface area contributed by atoms with E-state index in [1.54, 1.807) is 6.92 Å². The lowest BCUT2D eigenvalue weighted by Gasteiger charge is -2.15. The molecule has 0 saturated carbocycles. The van der Waals surface area contributed by atoms with Crippen molar-refractivity contribution in [2.45, 2.75) is 46.1 Å². The molecular weight excluding hydrogens is 216 g/mol. The first-order chi connectivity index (χ1) is 7.88. The molecule has 0 aliphatic carbocycles. The van der Waals surface area contributed by atoms with E-state index in [4.69, 9.17) is 9.84 Å². The SMILES string of the molecule is Cc1cc(O[C@H](C)CC(=O)O)cc(C(C)C)c1. The first-order valence-electron chi connectivity index (χ1n) is 5.88. The molecule has 0 aliphatic rings. The van der Waals surface area contributed by atoms with Crippen molar-refractivity contribution in [2.75, 3.05) is 0 Å². The zero-order valence-corrected chi connectivity index (χ0v) is 10.9. The average Bonchev–Trinajstić information content (AvgIpc) is 2.14. The highest BCUT2D eigenvalue weighted by atomic mass is 16.5. The summed E-state index contributed by atoms with van der Waals surface area (Å²) in [4.78, 5) is 10.6. The zero-order valence-electron chi connectivity index (χ0n) is 10.9. The Labute approximate surface area is 102 Å². The largest absolute Gasteiger partial charge is 0.490 e. The van der Waals surface area contributed by atoms with Crippen LogP contribution in [0.3, 0.4) is 0 Å². The highest BCUT2D eigenvalue weighted by Crippen LogP contribution is 2.23. The van der Waals surface area contributed by atoms with Crippen LogP contribution in [0.5, 0.6) is 5.75 Å². The Bertz CT molecular complexity index is 396. The number of aliphatic carboxylic acids is 1. The van der Waals surface area contributed by atoms with Crippen LogP contribution in [-0.4, -0.2) is 17.2 Å². The summed E-state index contributed by atoms with van der Waals surface area (Å²) in [7, 11) is 0. The van der Waals surface area contributed by atoms with E-state index in [0.29, 0.717) is 5.92 Å².